The summed E-state index contributed by atoms with van der Waals surface area (Å²) >= 11 is 0. The smallest absolute Gasteiger partial charge is 0.165 e. The molecule has 20 heavy (non-hydrogen) atoms. The van der Waals surface area contributed by atoms with Gasteiger partial charge in [0.25, 0.3) is 0 Å². The molecule has 0 spiro atoms. The van der Waals surface area contributed by atoms with Crippen molar-refractivity contribution in [3.8, 4) is 5.75 Å². The Hall–Kier alpha value is -2.29. The van der Waals surface area contributed by atoms with E-state index < -0.39 is 0 Å². The van der Waals surface area contributed by atoms with E-state index in [4.69, 9.17) is 10.5 Å². The fourth-order valence-corrected chi connectivity index (χ4v) is 2.71. The van der Waals surface area contributed by atoms with Crippen LogP contribution < -0.4 is 10.5 Å². The van der Waals surface area contributed by atoms with E-state index >= 15 is 0 Å². The van der Waals surface area contributed by atoms with Crippen LogP contribution in [0.1, 0.15) is 34.7 Å². The molecule has 1 heterocycles. The minimum absolute atomic E-state index is 0.102. The largest absolute Gasteiger partial charge is 0.493 e. The Balaban J connectivity index is 1.83. The molecule has 3 rings (SSSR count). The molecule has 1 atom stereocenters. The van der Waals surface area contributed by atoms with Gasteiger partial charge in [0, 0.05) is 17.7 Å². The molecule has 0 aliphatic carbocycles. The minimum atomic E-state index is 0.102. The van der Waals surface area contributed by atoms with E-state index in [0.717, 1.165) is 17.7 Å². The number of para-hydroxylation sites is 2. The zero-order valence-electron chi connectivity index (χ0n) is 11.2. The Morgan fingerprint density at radius 3 is 2.75 bits per heavy atom. The fraction of sp³-hybridized carbons (Fsp3) is 0.235. The summed E-state index contributed by atoms with van der Waals surface area (Å²) in [5.41, 5.74) is 8.18. The van der Waals surface area contributed by atoms with Crippen LogP contribution in [0, 0.1) is 0 Å². The number of benzene rings is 2. The lowest BCUT2D eigenvalue weighted by Crippen LogP contribution is -2.17. The molecule has 0 aromatic heterocycles. The summed E-state index contributed by atoms with van der Waals surface area (Å²) in [6.45, 7) is 0.666. The third-order valence-electron chi connectivity index (χ3n) is 3.78. The van der Waals surface area contributed by atoms with Gasteiger partial charge in [-0.2, -0.15) is 0 Å². The molecule has 0 saturated heterocycles. The molecule has 1 aliphatic rings. The van der Waals surface area contributed by atoms with E-state index in [1.807, 2.05) is 36.4 Å². The summed E-state index contributed by atoms with van der Waals surface area (Å²) in [4.78, 5) is 12.4. The van der Waals surface area contributed by atoms with Crippen LogP contribution in [0.2, 0.25) is 0 Å². The number of nitrogens with two attached hydrogens (primary N) is 1. The molecular weight excluding hydrogens is 250 g/mol. The van der Waals surface area contributed by atoms with Crippen molar-refractivity contribution in [3.63, 3.8) is 0 Å². The van der Waals surface area contributed by atoms with Crippen LogP contribution in [-0.2, 0) is 0 Å². The molecule has 3 nitrogen and oxygen atoms in total. The minimum Gasteiger partial charge on any atom is -0.493 e. The van der Waals surface area contributed by atoms with Crippen molar-refractivity contribution in [1.29, 1.82) is 0 Å². The van der Waals surface area contributed by atoms with E-state index in [1.165, 1.54) is 0 Å². The average Bonchev–Trinajstić information content (AvgIpc) is 2.48. The first-order valence-electron chi connectivity index (χ1n) is 6.85. The maximum atomic E-state index is 12.4. The molecule has 1 unspecified atom stereocenters. The van der Waals surface area contributed by atoms with Crippen LogP contribution in [0.15, 0.2) is 48.5 Å². The molecule has 0 fully saturated rings. The number of carbonyl (C=O) groups excluding carboxylic acids is 1. The van der Waals surface area contributed by atoms with E-state index in [2.05, 4.69) is 0 Å². The number of carbonyl (C=O) groups is 1. The van der Waals surface area contributed by atoms with Crippen molar-refractivity contribution in [2.75, 3.05) is 12.3 Å². The number of rotatable bonds is 3. The number of fused-ring (bicyclic) bond motifs is 1. The quantitative estimate of drug-likeness (QED) is 0.685. The molecule has 0 radical (unpaired) electrons. The normalized spacial score (nSPS) is 17.1. The molecule has 1 aliphatic heterocycles. The molecule has 0 bridgehead atoms. The molecule has 102 valence electrons. The SMILES string of the molecule is Nc1ccccc1C(=O)CC1CCOc2ccccc21. The maximum Gasteiger partial charge on any atom is 0.165 e. The van der Waals surface area contributed by atoms with Gasteiger partial charge >= 0.3 is 0 Å². The highest BCUT2D eigenvalue weighted by atomic mass is 16.5. The Morgan fingerprint density at radius 1 is 1.15 bits per heavy atom. The predicted octanol–water partition coefficient (Wildman–Crippen LogP) is 3.41. The van der Waals surface area contributed by atoms with Gasteiger partial charge in [-0.1, -0.05) is 30.3 Å². The topological polar surface area (TPSA) is 52.3 Å². The second-order valence-corrected chi connectivity index (χ2v) is 5.09. The lowest BCUT2D eigenvalue weighted by atomic mass is 9.87. The van der Waals surface area contributed by atoms with Crippen LogP contribution in [0.3, 0.4) is 0 Å². The second kappa shape index (κ2) is 5.37. The molecule has 0 amide bonds. The summed E-state index contributed by atoms with van der Waals surface area (Å²) in [5, 5.41) is 0. The highest BCUT2D eigenvalue weighted by molar-refractivity contribution is 6.01. The first-order chi connectivity index (χ1) is 9.75. The van der Waals surface area contributed by atoms with Crippen molar-refractivity contribution in [2.24, 2.45) is 0 Å². The fourth-order valence-electron chi connectivity index (χ4n) is 2.71. The van der Waals surface area contributed by atoms with E-state index in [0.29, 0.717) is 24.3 Å². The average molecular weight is 267 g/mol. The van der Waals surface area contributed by atoms with Crippen molar-refractivity contribution >= 4 is 11.5 Å². The van der Waals surface area contributed by atoms with Crippen molar-refractivity contribution in [2.45, 2.75) is 18.8 Å². The first kappa shape index (κ1) is 12.7. The lowest BCUT2D eigenvalue weighted by molar-refractivity contribution is 0.0966. The van der Waals surface area contributed by atoms with Gasteiger partial charge < -0.3 is 10.5 Å². The van der Waals surface area contributed by atoms with Crippen molar-refractivity contribution < 1.29 is 9.53 Å². The molecular formula is C17H17NO2. The van der Waals surface area contributed by atoms with Gasteiger partial charge in [-0.25, -0.2) is 0 Å². The zero-order valence-corrected chi connectivity index (χ0v) is 11.2. The van der Waals surface area contributed by atoms with E-state index in [9.17, 15) is 4.79 Å². The number of ether oxygens (including phenoxy) is 1. The maximum absolute atomic E-state index is 12.4. The van der Waals surface area contributed by atoms with Crippen molar-refractivity contribution in [1.82, 2.24) is 0 Å². The number of hydrogen-bond acceptors (Lipinski definition) is 3. The number of ketones is 1. The van der Waals surface area contributed by atoms with Crippen LogP contribution in [-0.4, -0.2) is 12.4 Å². The third-order valence-corrected chi connectivity index (χ3v) is 3.78. The Morgan fingerprint density at radius 2 is 1.90 bits per heavy atom. The van der Waals surface area contributed by atoms with Gasteiger partial charge in [-0.3, -0.25) is 4.79 Å². The molecule has 3 heteroatoms. The van der Waals surface area contributed by atoms with Gasteiger partial charge in [0.15, 0.2) is 5.78 Å². The molecule has 2 aromatic rings. The Kier molecular flexibility index (Phi) is 3.42. The zero-order chi connectivity index (χ0) is 13.9. The molecule has 2 aromatic carbocycles. The molecule has 2 N–H and O–H groups in total. The summed E-state index contributed by atoms with van der Waals surface area (Å²) in [7, 11) is 0. The highest BCUT2D eigenvalue weighted by Crippen LogP contribution is 2.36. The monoisotopic (exact) mass is 267 g/mol. The van der Waals surface area contributed by atoms with Crippen LogP contribution in [0.4, 0.5) is 5.69 Å². The summed E-state index contributed by atoms with van der Waals surface area (Å²) in [5.74, 6) is 1.22. The van der Waals surface area contributed by atoms with Gasteiger partial charge in [-0.05, 0) is 36.1 Å². The Labute approximate surface area is 118 Å². The first-order valence-corrected chi connectivity index (χ1v) is 6.85. The van der Waals surface area contributed by atoms with Crippen LogP contribution in [0.25, 0.3) is 0 Å². The predicted molar refractivity (Wildman–Crippen MR) is 79.1 cm³/mol. The van der Waals surface area contributed by atoms with E-state index in [-0.39, 0.29) is 11.7 Å². The Bertz CT molecular complexity index is 636. The van der Waals surface area contributed by atoms with Gasteiger partial charge in [0.2, 0.25) is 0 Å². The van der Waals surface area contributed by atoms with E-state index in [1.54, 1.807) is 12.1 Å². The van der Waals surface area contributed by atoms with Gasteiger partial charge in [0.1, 0.15) is 5.75 Å². The highest BCUT2D eigenvalue weighted by Gasteiger charge is 2.24. The van der Waals surface area contributed by atoms with Crippen LogP contribution >= 0.6 is 0 Å². The molecule has 0 saturated carbocycles. The second-order valence-electron chi connectivity index (χ2n) is 5.09. The summed E-state index contributed by atoms with van der Waals surface area (Å²) < 4.78 is 5.63. The summed E-state index contributed by atoms with van der Waals surface area (Å²) in [6, 6.07) is 15.2. The number of Topliss-reactive ketones (excluding diaryl/α,β-unsaturated/α-hetero) is 1. The number of anilines is 1. The number of nitrogen functional groups attached to an aromatic ring is 1. The third kappa shape index (κ3) is 2.39. The summed E-state index contributed by atoms with van der Waals surface area (Å²) in [6.07, 6.45) is 1.35. The van der Waals surface area contributed by atoms with Gasteiger partial charge in [-0.15, -0.1) is 0 Å². The van der Waals surface area contributed by atoms with Crippen LogP contribution in [0.5, 0.6) is 5.75 Å². The standard InChI is InChI=1S/C17H17NO2/c18-15-7-3-1-6-14(15)16(19)11-12-9-10-20-17-8-4-2-5-13(12)17/h1-8,12H,9-11,18H2. The number of hydrogen-bond donors (Lipinski definition) is 1. The lowest BCUT2D eigenvalue weighted by Gasteiger charge is -2.25. The van der Waals surface area contributed by atoms with Crippen molar-refractivity contribution in [3.05, 3.63) is 59.7 Å². The van der Waals surface area contributed by atoms with Gasteiger partial charge in [0.05, 0.1) is 6.61 Å².